The van der Waals surface area contributed by atoms with Crippen molar-refractivity contribution in [2.24, 2.45) is 0 Å². The molecule has 4 heteroatoms. The number of anilines is 1. The fraction of sp³-hybridized carbons (Fsp3) is 0.353. The van der Waals surface area contributed by atoms with Crippen molar-refractivity contribution in [2.75, 3.05) is 12.4 Å². The van der Waals surface area contributed by atoms with Gasteiger partial charge in [-0.2, -0.15) is 0 Å². The van der Waals surface area contributed by atoms with Gasteiger partial charge < -0.3 is 9.47 Å². The average molecular weight is 287 g/mol. The van der Waals surface area contributed by atoms with Crippen LogP contribution in [0.15, 0.2) is 30.3 Å². The predicted octanol–water partition coefficient (Wildman–Crippen LogP) is 4.50. The van der Waals surface area contributed by atoms with Gasteiger partial charge in [-0.15, -0.1) is 0 Å². The molecule has 2 aromatic rings. The first-order valence-electron chi connectivity index (χ1n) is 6.87. The highest BCUT2D eigenvalue weighted by Gasteiger charge is 2.17. The first-order chi connectivity index (χ1) is 9.78. The molecule has 2 aromatic carbocycles. The van der Waals surface area contributed by atoms with Gasteiger partial charge in [-0.05, 0) is 56.8 Å². The van der Waals surface area contributed by atoms with Crippen LogP contribution < -0.4 is 10.1 Å². The summed E-state index contributed by atoms with van der Waals surface area (Å²) in [5.41, 5.74) is 1.26. The van der Waals surface area contributed by atoms with Gasteiger partial charge in [-0.1, -0.05) is 12.1 Å². The number of amides is 1. The summed E-state index contributed by atoms with van der Waals surface area (Å²) in [6.45, 7) is 7.50. The standard InChI is InChI=1S/C17H21NO3/c1-11-8-12-6-7-13(20-5)10-14(12)15(9-11)18-16(19)21-17(2,3)4/h6-10H,1-5H3,(H,18,19). The second-order valence-corrected chi connectivity index (χ2v) is 6.03. The Morgan fingerprint density at radius 3 is 2.48 bits per heavy atom. The molecule has 4 nitrogen and oxygen atoms in total. The number of benzene rings is 2. The maximum atomic E-state index is 12.0. The predicted molar refractivity (Wildman–Crippen MR) is 85.1 cm³/mol. The topological polar surface area (TPSA) is 47.6 Å². The van der Waals surface area contributed by atoms with E-state index in [4.69, 9.17) is 9.47 Å². The second kappa shape index (κ2) is 5.64. The summed E-state index contributed by atoms with van der Waals surface area (Å²) in [5, 5.41) is 4.78. The third kappa shape index (κ3) is 3.88. The van der Waals surface area contributed by atoms with E-state index in [9.17, 15) is 4.79 Å². The Labute approximate surface area is 125 Å². The van der Waals surface area contributed by atoms with E-state index >= 15 is 0 Å². The molecule has 0 saturated carbocycles. The summed E-state index contributed by atoms with van der Waals surface area (Å²) >= 11 is 0. The summed E-state index contributed by atoms with van der Waals surface area (Å²) in [4.78, 5) is 12.0. The SMILES string of the molecule is COc1ccc2cc(C)cc(NC(=O)OC(C)(C)C)c2c1. The Balaban J connectivity index is 2.40. The zero-order valence-corrected chi connectivity index (χ0v) is 13.1. The van der Waals surface area contributed by atoms with Gasteiger partial charge in [0, 0.05) is 5.39 Å². The van der Waals surface area contributed by atoms with Gasteiger partial charge in [0.2, 0.25) is 0 Å². The molecule has 1 amide bonds. The molecule has 0 saturated heterocycles. The van der Waals surface area contributed by atoms with Crippen molar-refractivity contribution < 1.29 is 14.3 Å². The van der Waals surface area contributed by atoms with Crippen LogP contribution in [0, 0.1) is 6.92 Å². The first-order valence-corrected chi connectivity index (χ1v) is 6.87. The molecule has 0 aliphatic heterocycles. The zero-order valence-electron chi connectivity index (χ0n) is 13.1. The highest BCUT2D eigenvalue weighted by atomic mass is 16.6. The second-order valence-electron chi connectivity index (χ2n) is 6.03. The van der Waals surface area contributed by atoms with Gasteiger partial charge in [-0.25, -0.2) is 4.79 Å². The first kappa shape index (κ1) is 15.2. The number of carbonyl (C=O) groups is 1. The van der Waals surface area contributed by atoms with Crippen LogP contribution in [0.25, 0.3) is 10.8 Å². The number of fused-ring (bicyclic) bond motifs is 1. The van der Waals surface area contributed by atoms with Gasteiger partial charge in [0.25, 0.3) is 0 Å². The van der Waals surface area contributed by atoms with E-state index in [1.807, 2.05) is 52.0 Å². The zero-order chi connectivity index (χ0) is 15.6. The molecule has 1 N–H and O–H groups in total. The third-order valence-electron chi connectivity index (χ3n) is 2.94. The molecule has 0 aliphatic carbocycles. The third-order valence-corrected chi connectivity index (χ3v) is 2.94. The van der Waals surface area contributed by atoms with Gasteiger partial charge in [0.05, 0.1) is 12.8 Å². The van der Waals surface area contributed by atoms with E-state index in [1.54, 1.807) is 7.11 Å². The number of nitrogens with one attached hydrogen (secondary N) is 1. The summed E-state index contributed by atoms with van der Waals surface area (Å²) < 4.78 is 10.6. The number of methoxy groups -OCH3 is 1. The van der Waals surface area contributed by atoms with Crippen LogP contribution in [-0.2, 0) is 4.74 Å². The van der Waals surface area contributed by atoms with Crippen molar-refractivity contribution in [1.82, 2.24) is 0 Å². The minimum atomic E-state index is -0.526. The number of ether oxygens (including phenoxy) is 2. The average Bonchev–Trinajstić information content (AvgIpc) is 2.35. The monoisotopic (exact) mass is 287 g/mol. The Morgan fingerprint density at radius 1 is 1.14 bits per heavy atom. The Kier molecular flexibility index (Phi) is 4.07. The molecule has 0 fully saturated rings. The molecule has 0 bridgehead atoms. The number of hydrogen-bond acceptors (Lipinski definition) is 3. The van der Waals surface area contributed by atoms with Crippen molar-refractivity contribution in [2.45, 2.75) is 33.3 Å². The summed E-state index contributed by atoms with van der Waals surface area (Å²) in [7, 11) is 1.62. The lowest BCUT2D eigenvalue weighted by Gasteiger charge is -2.20. The summed E-state index contributed by atoms with van der Waals surface area (Å²) in [6, 6.07) is 9.77. The van der Waals surface area contributed by atoms with Gasteiger partial charge >= 0.3 is 6.09 Å². The van der Waals surface area contributed by atoms with Crippen LogP contribution in [0.3, 0.4) is 0 Å². The van der Waals surface area contributed by atoms with Crippen molar-refractivity contribution in [3.8, 4) is 5.75 Å². The van der Waals surface area contributed by atoms with Crippen molar-refractivity contribution >= 4 is 22.6 Å². The number of rotatable bonds is 2. The molecule has 112 valence electrons. The van der Waals surface area contributed by atoms with Crippen LogP contribution in [0.5, 0.6) is 5.75 Å². The van der Waals surface area contributed by atoms with Crippen molar-refractivity contribution in [3.05, 3.63) is 35.9 Å². The number of hydrogen-bond donors (Lipinski definition) is 1. The minimum absolute atomic E-state index is 0.461. The normalized spacial score (nSPS) is 11.3. The van der Waals surface area contributed by atoms with Gasteiger partial charge in [0.15, 0.2) is 0 Å². The van der Waals surface area contributed by atoms with E-state index in [0.717, 1.165) is 27.8 Å². The summed E-state index contributed by atoms with van der Waals surface area (Å²) in [5.74, 6) is 0.749. The maximum absolute atomic E-state index is 12.0. The lowest BCUT2D eigenvalue weighted by molar-refractivity contribution is 0.0636. The highest BCUT2D eigenvalue weighted by molar-refractivity contribution is 6.01. The van der Waals surface area contributed by atoms with Crippen LogP contribution >= 0.6 is 0 Å². The maximum Gasteiger partial charge on any atom is 0.412 e. The van der Waals surface area contributed by atoms with Crippen LogP contribution in [0.2, 0.25) is 0 Å². The molecule has 21 heavy (non-hydrogen) atoms. The molecular weight excluding hydrogens is 266 g/mol. The van der Waals surface area contributed by atoms with Crippen molar-refractivity contribution in [3.63, 3.8) is 0 Å². The Bertz CT molecular complexity index is 672. The van der Waals surface area contributed by atoms with Gasteiger partial charge in [0.1, 0.15) is 11.4 Å². The number of carbonyl (C=O) groups excluding carboxylic acids is 1. The largest absolute Gasteiger partial charge is 0.497 e. The van der Waals surface area contributed by atoms with Crippen LogP contribution in [-0.4, -0.2) is 18.8 Å². The minimum Gasteiger partial charge on any atom is -0.497 e. The molecule has 0 radical (unpaired) electrons. The molecule has 0 unspecified atom stereocenters. The summed E-state index contributed by atoms with van der Waals surface area (Å²) in [6.07, 6.45) is -0.461. The molecule has 0 spiro atoms. The highest BCUT2D eigenvalue weighted by Crippen LogP contribution is 2.29. The Hall–Kier alpha value is -2.23. The van der Waals surface area contributed by atoms with E-state index in [1.165, 1.54) is 0 Å². The van der Waals surface area contributed by atoms with E-state index < -0.39 is 11.7 Å². The quantitative estimate of drug-likeness (QED) is 0.884. The van der Waals surface area contributed by atoms with Crippen LogP contribution in [0.1, 0.15) is 26.3 Å². The smallest absolute Gasteiger partial charge is 0.412 e. The van der Waals surface area contributed by atoms with Crippen LogP contribution in [0.4, 0.5) is 10.5 Å². The molecule has 0 aromatic heterocycles. The Morgan fingerprint density at radius 2 is 1.86 bits per heavy atom. The lowest BCUT2D eigenvalue weighted by atomic mass is 10.1. The molecule has 0 heterocycles. The van der Waals surface area contributed by atoms with Gasteiger partial charge in [-0.3, -0.25) is 5.32 Å². The fourth-order valence-corrected chi connectivity index (χ4v) is 2.13. The number of aryl methyl sites for hydroxylation is 1. The molecule has 2 rings (SSSR count). The fourth-order valence-electron chi connectivity index (χ4n) is 2.13. The lowest BCUT2D eigenvalue weighted by Crippen LogP contribution is -2.27. The van der Waals surface area contributed by atoms with Crippen molar-refractivity contribution in [1.29, 1.82) is 0 Å². The molecule has 0 atom stereocenters. The van der Waals surface area contributed by atoms with E-state index in [-0.39, 0.29) is 0 Å². The molecule has 0 aliphatic rings. The van der Waals surface area contributed by atoms with E-state index in [0.29, 0.717) is 0 Å². The molecular formula is C17H21NO3. The van der Waals surface area contributed by atoms with E-state index in [2.05, 4.69) is 11.4 Å².